The highest BCUT2D eigenvalue weighted by Crippen LogP contribution is 2.36. The van der Waals surface area contributed by atoms with E-state index in [1.165, 1.54) is 17.0 Å². The molecule has 0 aromatic heterocycles. The highest BCUT2D eigenvalue weighted by atomic mass is 16.4. The topological polar surface area (TPSA) is 168 Å². The SMILES string of the molecule is N=C(N)c1ccc(-c2ccc(C(=O)[C@@H]3C[C@@H](CC(=O)O)C(=O)N3c3ccccc3C(N)=O)cc2)cc1. The van der Waals surface area contributed by atoms with Gasteiger partial charge in [0.05, 0.1) is 23.6 Å². The Kier molecular flexibility index (Phi) is 6.64. The Balaban J connectivity index is 1.66. The monoisotopic (exact) mass is 484 g/mol. The van der Waals surface area contributed by atoms with Crippen molar-refractivity contribution in [1.29, 1.82) is 5.41 Å². The minimum atomic E-state index is -1.15. The second-order valence-corrected chi connectivity index (χ2v) is 8.57. The fourth-order valence-corrected chi connectivity index (χ4v) is 4.47. The molecular weight excluding hydrogens is 460 g/mol. The number of para-hydroxylation sites is 1. The first-order chi connectivity index (χ1) is 17.2. The molecule has 1 fully saturated rings. The van der Waals surface area contributed by atoms with E-state index >= 15 is 0 Å². The van der Waals surface area contributed by atoms with E-state index in [1.807, 2.05) is 12.1 Å². The number of Topliss-reactive ketones (excluding diaryl/α,β-unsaturated/α-hetero) is 1. The number of nitrogens with one attached hydrogen (secondary N) is 1. The largest absolute Gasteiger partial charge is 0.481 e. The number of amides is 2. The van der Waals surface area contributed by atoms with Crippen LogP contribution in [0.25, 0.3) is 11.1 Å². The first-order valence-electron chi connectivity index (χ1n) is 11.2. The summed E-state index contributed by atoms with van der Waals surface area (Å²) in [6.07, 6.45) is -0.418. The van der Waals surface area contributed by atoms with Crippen molar-refractivity contribution in [2.45, 2.75) is 18.9 Å². The molecule has 1 aliphatic heterocycles. The Hall–Kier alpha value is -4.79. The molecule has 0 unspecified atom stereocenters. The fraction of sp³-hybridized carbons (Fsp3) is 0.148. The van der Waals surface area contributed by atoms with Gasteiger partial charge in [0.1, 0.15) is 11.9 Å². The van der Waals surface area contributed by atoms with Gasteiger partial charge in [-0.25, -0.2) is 0 Å². The number of hydrogen-bond acceptors (Lipinski definition) is 5. The Bertz CT molecular complexity index is 1370. The molecular formula is C27H24N4O5. The number of carbonyl (C=O) groups excluding carboxylic acids is 3. The number of carboxylic acids is 1. The number of ketones is 1. The summed E-state index contributed by atoms with van der Waals surface area (Å²) in [4.78, 5) is 51.3. The maximum atomic E-state index is 13.6. The van der Waals surface area contributed by atoms with E-state index < -0.39 is 36.2 Å². The first kappa shape index (κ1) is 24.3. The number of carbonyl (C=O) groups is 4. The molecule has 0 aliphatic carbocycles. The van der Waals surface area contributed by atoms with Crippen molar-refractivity contribution in [3.05, 3.63) is 89.5 Å². The molecule has 1 heterocycles. The van der Waals surface area contributed by atoms with Crippen LogP contribution in [0.1, 0.15) is 39.1 Å². The number of hydrogen-bond donors (Lipinski definition) is 4. The van der Waals surface area contributed by atoms with E-state index in [9.17, 15) is 24.3 Å². The smallest absolute Gasteiger partial charge is 0.304 e. The van der Waals surface area contributed by atoms with Crippen LogP contribution in [0.5, 0.6) is 0 Å². The predicted octanol–water partition coefficient (Wildman–Crippen LogP) is 2.82. The molecule has 182 valence electrons. The van der Waals surface area contributed by atoms with Gasteiger partial charge in [0.2, 0.25) is 5.91 Å². The number of amidine groups is 1. The molecule has 3 aromatic rings. The minimum absolute atomic E-state index is 0.00528. The van der Waals surface area contributed by atoms with Crippen LogP contribution in [0, 0.1) is 11.3 Å². The summed E-state index contributed by atoms with van der Waals surface area (Å²) in [6, 6.07) is 19.1. The first-order valence-corrected chi connectivity index (χ1v) is 11.2. The molecule has 0 saturated carbocycles. The zero-order chi connectivity index (χ0) is 26.0. The summed E-state index contributed by atoms with van der Waals surface area (Å²) in [5.41, 5.74) is 13.9. The predicted molar refractivity (Wildman–Crippen MR) is 134 cm³/mol. The van der Waals surface area contributed by atoms with Crippen LogP contribution in [-0.4, -0.2) is 40.6 Å². The standard InChI is InChI=1S/C27H24N4O5/c28-25(29)18-11-7-16(8-12-18)15-5-9-17(10-6-15)24(34)22-13-19(14-23(32)33)27(36)31(22)21-4-2-1-3-20(21)26(30)35/h1-12,19,22H,13-14H2,(H3,28,29)(H2,30,35)(H,32,33)/t19-,22-/m0/s1. The lowest BCUT2D eigenvalue weighted by atomic mass is 9.95. The van der Waals surface area contributed by atoms with E-state index in [0.29, 0.717) is 11.1 Å². The summed E-state index contributed by atoms with van der Waals surface area (Å²) < 4.78 is 0. The average molecular weight is 485 g/mol. The third kappa shape index (κ3) is 4.72. The minimum Gasteiger partial charge on any atom is -0.481 e. The van der Waals surface area contributed by atoms with Crippen molar-refractivity contribution in [1.82, 2.24) is 0 Å². The average Bonchev–Trinajstić information content (AvgIpc) is 3.18. The number of nitrogens with zero attached hydrogens (tertiary/aromatic N) is 1. The van der Waals surface area contributed by atoms with E-state index in [-0.39, 0.29) is 29.3 Å². The molecule has 1 saturated heterocycles. The highest BCUT2D eigenvalue weighted by Gasteiger charge is 2.45. The lowest BCUT2D eigenvalue weighted by Gasteiger charge is -2.25. The molecule has 0 radical (unpaired) electrons. The Labute approximate surface area is 206 Å². The van der Waals surface area contributed by atoms with Gasteiger partial charge in [0, 0.05) is 11.1 Å². The highest BCUT2D eigenvalue weighted by molar-refractivity contribution is 6.14. The van der Waals surface area contributed by atoms with Crippen LogP contribution in [-0.2, 0) is 9.59 Å². The molecule has 6 N–H and O–H groups in total. The number of nitrogen functional groups attached to an aromatic ring is 1. The summed E-state index contributed by atoms with van der Waals surface area (Å²) in [5.74, 6) is -3.74. The number of benzene rings is 3. The van der Waals surface area contributed by atoms with Gasteiger partial charge in [0.15, 0.2) is 5.78 Å². The zero-order valence-electron chi connectivity index (χ0n) is 19.2. The van der Waals surface area contributed by atoms with Gasteiger partial charge in [-0.15, -0.1) is 0 Å². The molecule has 9 heteroatoms. The van der Waals surface area contributed by atoms with Crippen molar-refractivity contribution < 1.29 is 24.3 Å². The van der Waals surface area contributed by atoms with Crippen LogP contribution in [0.15, 0.2) is 72.8 Å². The lowest BCUT2D eigenvalue weighted by Crippen LogP contribution is -2.40. The molecule has 1 aliphatic rings. The molecule has 36 heavy (non-hydrogen) atoms. The van der Waals surface area contributed by atoms with E-state index in [2.05, 4.69) is 0 Å². The number of aliphatic carboxylic acids is 1. The second kappa shape index (κ2) is 9.83. The summed E-state index contributed by atoms with van der Waals surface area (Å²) in [5, 5.41) is 16.8. The molecule has 0 spiro atoms. The van der Waals surface area contributed by atoms with E-state index in [1.54, 1.807) is 48.5 Å². The number of rotatable bonds is 8. The molecule has 2 amide bonds. The van der Waals surface area contributed by atoms with Gasteiger partial charge in [0.25, 0.3) is 5.91 Å². The van der Waals surface area contributed by atoms with Crippen molar-refractivity contribution in [2.24, 2.45) is 17.4 Å². The van der Waals surface area contributed by atoms with Crippen molar-refractivity contribution in [3.8, 4) is 11.1 Å². The van der Waals surface area contributed by atoms with Gasteiger partial charge < -0.3 is 21.5 Å². The molecule has 4 rings (SSSR count). The number of carboxylic acid groups (broad SMARTS) is 1. The molecule has 2 atom stereocenters. The van der Waals surface area contributed by atoms with Crippen molar-refractivity contribution >= 4 is 35.1 Å². The van der Waals surface area contributed by atoms with Crippen molar-refractivity contribution in [2.75, 3.05) is 4.90 Å². The van der Waals surface area contributed by atoms with Gasteiger partial charge in [-0.2, -0.15) is 0 Å². The van der Waals surface area contributed by atoms with Crippen LogP contribution < -0.4 is 16.4 Å². The zero-order valence-corrected chi connectivity index (χ0v) is 19.2. The van der Waals surface area contributed by atoms with Crippen LogP contribution >= 0.6 is 0 Å². The summed E-state index contributed by atoms with van der Waals surface area (Å²) >= 11 is 0. The third-order valence-electron chi connectivity index (χ3n) is 6.26. The van der Waals surface area contributed by atoms with E-state index in [4.69, 9.17) is 16.9 Å². The van der Waals surface area contributed by atoms with Gasteiger partial charge >= 0.3 is 5.97 Å². The van der Waals surface area contributed by atoms with Gasteiger partial charge in [-0.1, -0.05) is 60.7 Å². The summed E-state index contributed by atoms with van der Waals surface area (Å²) in [6.45, 7) is 0. The Morgan fingerprint density at radius 1 is 0.889 bits per heavy atom. The number of primary amides is 1. The summed E-state index contributed by atoms with van der Waals surface area (Å²) in [7, 11) is 0. The Morgan fingerprint density at radius 2 is 1.44 bits per heavy atom. The lowest BCUT2D eigenvalue weighted by molar-refractivity contribution is -0.140. The molecule has 9 nitrogen and oxygen atoms in total. The normalized spacial score (nSPS) is 17.1. The second-order valence-electron chi connectivity index (χ2n) is 8.57. The fourth-order valence-electron chi connectivity index (χ4n) is 4.47. The molecule has 3 aromatic carbocycles. The van der Waals surface area contributed by atoms with Crippen LogP contribution in [0.4, 0.5) is 5.69 Å². The van der Waals surface area contributed by atoms with E-state index in [0.717, 1.165) is 11.1 Å². The van der Waals surface area contributed by atoms with Crippen molar-refractivity contribution in [3.63, 3.8) is 0 Å². The Morgan fingerprint density at radius 3 is 1.97 bits per heavy atom. The number of nitrogens with two attached hydrogens (primary N) is 2. The maximum Gasteiger partial charge on any atom is 0.304 e. The van der Waals surface area contributed by atoms with Crippen LogP contribution in [0.3, 0.4) is 0 Å². The van der Waals surface area contributed by atoms with Gasteiger partial charge in [-0.05, 0) is 29.7 Å². The van der Waals surface area contributed by atoms with Gasteiger partial charge in [-0.3, -0.25) is 24.6 Å². The third-order valence-corrected chi connectivity index (χ3v) is 6.26. The molecule has 0 bridgehead atoms. The number of anilines is 1. The maximum absolute atomic E-state index is 13.6. The quantitative estimate of drug-likeness (QED) is 0.218. The van der Waals surface area contributed by atoms with Crippen LogP contribution in [0.2, 0.25) is 0 Å².